The Morgan fingerprint density at radius 2 is 1.95 bits per heavy atom. The standard InChI is InChI=1S/C15H13ClINO/c1-18(10-11-5-4-6-12(16)9-11)15(19)13-7-2-3-8-14(13)17/h2-9H,10H2,1H3. The van der Waals surface area contributed by atoms with Gasteiger partial charge in [0.25, 0.3) is 5.91 Å². The van der Waals surface area contributed by atoms with Crippen molar-refractivity contribution in [2.45, 2.75) is 6.54 Å². The second-order valence-electron chi connectivity index (χ2n) is 4.27. The fourth-order valence-electron chi connectivity index (χ4n) is 1.82. The van der Waals surface area contributed by atoms with E-state index < -0.39 is 0 Å². The topological polar surface area (TPSA) is 20.3 Å². The van der Waals surface area contributed by atoms with Crippen LogP contribution in [0.25, 0.3) is 0 Å². The maximum atomic E-state index is 12.3. The molecule has 0 saturated carbocycles. The van der Waals surface area contributed by atoms with Gasteiger partial charge in [-0.15, -0.1) is 0 Å². The summed E-state index contributed by atoms with van der Waals surface area (Å²) < 4.78 is 0.961. The second kappa shape index (κ2) is 6.39. The molecule has 0 spiro atoms. The SMILES string of the molecule is CN(Cc1cccc(Cl)c1)C(=O)c1ccccc1I. The van der Waals surface area contributed by atoms with Crippen LogP contribution in [0.5, 0.6) is 0 Å². The van der Waals surface area contributed by atoms with Gasteiger partial charge >= 0.3 is 0 Å². The Morgan fingerprint density at radius 1 is 1.21 bits per heavy atom. The lowest BCUT2D eigenvalue weighted by molar-refractivity contribution is 0.0784. The number of carbonyl (C=O) groups excluding carboxylic acids is 1. The molecular weight excluding hydrogens is 373 g/mol. The quantitative estimate of drug-likeness (QED) is 0.725. The van der Waals surface area contributed by atoms with Crippen molar-refractivity contribution in [3.63, 3.8) is 0 Å². The zero-order valence-corrected chi connectivity index (χ0v) is 13.4. The molecule has 0 fully saturated rings. The summed E-state index contributed by atoms with van der Waals surface area (Å²) in [5.41, 5.74) is 1.75. The van der Waals surface area contributed by atoms with E-state index >= 15 is 0 Å². The molecule has 19 heavy (non-hydrogen) atoms. The third kappa shape index (κ3) is 3.70. The molecule has 2 aromatic carbocycles. The minimum atomic E-state index is 0.0185. The molecule has 4 heteroatoms. The van der Waals surface area contributed by atoms with E-state index in [9.17, 15) is 4.79 Å². The molecule has 0 bridgehead atoms. The zero-order chi connectivity index (χ0) is 13.8. The first-order valence-electron chi connectivity index (χ1n) is 5.82. The molecule has 0 heterocycles. The van der Waals surface area contributed by atoms with E-state index in [0.717, 1.165) is 14.7 Å². The van der Waals surface area contributed by atoms with Crippen molar-refractivity contribution in [1.29, 1.82) is 0 Å². The Bertz CT molecular complexity index is 600. The summed E-state index contributed by atoms with van der Waals surface area (Å²) in [6.07, 6.45) is 0. The van der Waals surface area contributed by atoms with Crippen molar-refractivity contribution in [1.82, 2.24) is 4.90 Å². The van der Waals surface area contributed by atoms with Gasteiger partial charge in [-0.2, -0.15) is 0 Å². The van der Waals surface area contributed by atoms with Crippen LogP contribution in [0.1, 0.15) is 15.9 Å². The smallest absolute Gasteiger partial charge is 0.254 e. The molecule has 98 valence electrons. The fraction of sp³-hybridized carbons (Fsp3) is 0.133. The molecule has 2 rings (SSSR count). The summed E-state index contributed by atoms with van der Waals surface area (Å²) >= 11 is 8.12. The first-order valence-corrected chi connectivity index (χ1v) is 7.28. The van der Waals surface area contributed by atoms with Crippen LogP contribution in [0.3, 0.4) is 0 Å². The van der Waals surface area contributed by atoms with E-state index in [2.05, 4.69) is 22.6 Å². The molecule has 2 aromatic rings. The van der Waals surface area contributed by atoms with Crippen molar-refractivity contribution >= 4 is 40.1 Å². The number of benzene rings is 2. The van der Waals surface area contributed by atoms with E-state index in [1.807, 2.05) is 48.5 Å². The molecule has 0 N–H and O–H groups in total. The van der Waals surface area contributed by atoms with Crippen molar-refractivity contribution in [3.8, 4) is 0 Å². The minimum Gasteiger partial charge on any atom is -0.337 e. The fourth-order valence-corrected chi connectivity index (χ4v) is 2.65. The van der Waals surface area contributed by atoms with Crippen LogP contribution in [0.2, 0.25) is 5.02 Å². The van der Waals surface area contributed by atoms with Crippen molar-refractivity contribution in [3.05, 3.63) is 68.3 Å². The second-order valence-corrected chi connectivity index (χ2v) is 5.87. The molecule has 1 amide bonds. The average Bonchev–Trinajstić information content (AvgIpc) is 2.38. The van der Waals surface area contributed by atoms with Crippen molar-refractivity contribution in [2.24, 2.45) is 0 Å². The molecular formula is C15H13ClINO. The predicted octanol–water partition coefficient (Wildman–Crippen LogP) is 4.22. The third-order valence-electron chi connectivity index (χ3n) is 2.76. The molecule has 2 nitrogen and oxygen atoms in total. The molecule has 0 atom stereocenters. The van der Waals surface area contributed by atoms with E-state index in [4.69, 9.17) is 11.6 Å². The largest absolute Gasteiger partial charge is 0.337 e. The highest BCUT2D eigenvalue weighted by molar-refractivity contribution is 14.1. The molecule has 0 unspecified atom stereocenters. The first kappa shape index (κ1) is 14.3. The summed E-state index contributed by atoms with van der Waals surface area (Å²) in [6, 6.07) is 15.1. The van der Waals surface area contributed by atoms with E-state index in [1.54, 1.807) is 11.9 Å². The van der Waals surface area contributed by atoms with Gasteiger partial charge in [0.1, 0.15) is 0 Å². The van der Waals surface area contributed by atoms with Crippen LogP contribution in [-0.4, -0.2) is 17.9 Å². The summed E-state index contributed by atoms with van der Waals surface area (Å²) in [5.74, 6) is 0.0185. The van der Waals surface area contributed by atoms with Crippen LogP contribution < -0.4 is 0 Å². The van der Waals surface area contributed by atoms with Gasteiger partial charge in [0, 0.05) is 22.2 Å². The average molecular weight is 386 g/mol. The molecule has 0 aliphatic carbocycles. The summed E-state index contributed by atoms with van der Waals surface area (Å²) in [4.78, 5) is 14.0. The summed E-state index contributed by atoms with van der Waals surface area (Å²) in [5, 5.41) is 0.688. The first-order chi connectivity index (χ1) is 9.08. The Morgan fingerprint density at radius 3 is 2.63 bits per heavy atom. The number of halogens is 2. The van der Waals surface area contributed by atoms with Crippen LogP contribution >= 0.6 is 34.2 Å². The lowest BCUT2D eigenvalue weighted by atomic mass is 10.1. The van der Waals surface area contributed by atoms with Gasteiger partial charge in [0.2, 0.25) is 0 Å². The molecule has 0 radical (unpaired) electrons. The monoisotopic (exact) mass is 385 g/mol. The van der Waals surface area contributed by atoms with Crippen LogP contribution in [0, 0.1) is 3.57 Å². The van der Waals surface area contributed by atoms with E-state index in [0.29, 0.717) is 11.6 Å². The van der Waals surface area contributed by atoms with Crippen LogP contribution in [0.15, 0.2) is 48.5 Å². The van der Waals surface area contributed by atoms with Gasteiger partial charge in [-0.05, 0) is 52.4 Å². The predicted molar refractivity (Wildman–Crippen MR) is 86.4 cm³/mol. The molecule has 0 aliphatic rings. The van der Waals surface area contributed by atoms with Gasteiger partial charge in [-0.25, -0.2) is 0 Å². The molecule has 0 aromatic heterocycles. The Labute approximate surface area is 131 Å². The normalized spacial score (nSPS) is 10.3. The lowest BCUT2D eigenvalue weighted by Gasteiger charge is -2.18. The van der Waals surface area contributed by atoms with Crippen molar-refractivity contribution in [2.75, 3.05) is 7.05 Å². The maximum Gasteiger partial charge on any atom is 0.254 e. The van der Waals surface area contributed by atoms with Gasteiger partial charge in [0.15, 0.2) is 0 Å². The number of hydrogen-bond donors (Lipinski definition) is 0. The van der Waals surface area contributed by atoms with Gasteiger partial charge in [0.05, 0.1) is 5.56 Å². The number of carbonyl (C=O) groups is 1. The number of amides is 1. The van der Waals surface area contributed by atoms with Gasteiger partial charge in [-0.3, -0.25) is 4.79 Å². The molecule has 0 saturated heterocycles. The Balaban J connectivity index is 2.14. The van der Waals surface area contributed by atoms with Crippen LogP contribution in [0.4, 0.5) is 0 Å². The highest BCUT2D eigenvalue weighted by atomic mass is 127. The number of hydrogen-bond acceptors (Lipinski definition) is 1. The van der Waals surface area contributed by atoms with Crippen molar-refractivity contribution < 1.29 is 4.79 Å². The van der Waals surface area contributed by atoms with E-state index in [-0.39, 0.29) is 5.91 Å². The lowest BCUT2D eigenvalue weighted by Crippen LogP contribution is -2.26. The number of nitrogens with zero attached hydrogens (tertiary/aromatic N) is 1. The van der Waals surface area contributed by atoms with E-state index in [1.165, 1.54) is 0 Å². The third-order valence-corrected chi connectivity index (χ3v) is 3.94. The zero-order valence-electron chi connectivity index (χ0n) is 10.4. The molecule has 0 aliphatic heterocycles. The Hall–Kier alpha value is -1.07. The summed E-state index contributed by atoms with van der Waals surface area (Å²) in [6.45, 7) is 0.546. The van der Waals surface area contributed by atoms with Crippen LogP contribution in [-0.2, 0) is 6.54 Å². The minimum absolute atomic E-state index is 0.0185. The van der Waals surface area contributed by atoms with Gasteiger partial charge in [-0.1, -0.05) is 35.9 Å². The maximum absolute atomic E-state index is 12.3. The Kier molecular flexibility index (Phi) is 4.82. The van der Waals surface area contributed by atoms with Gasteiger partial charge < -0.3 is 4.90 Å². The highest BCUT2D eigenvalue weighted by Gasteiger charge is 2.14. The number of rotatable bonds is 3. The highest BCUT2D eigenvalue weighted by Crippen LogP contribution is 2.16. The summed E-state index contributed by atoms with van der Waals surface area (Å²) in [7, 11) is 1.80.